The minimum absolute atomic E-state index is 0.338. The first-order valence-corrected chi connectivity index (χ1v) is 10.1. The van der Waals surface area contributed by atoms with Gasteiger partial charge >= 0.3 is 0 Å². The van der Waals surface area contributed by atoms with Crippen molar-refractivity contribution in [3.8, 4) is 11.1 Å². The molecule has 1 saturated heterocycles. The maximum absolute atomic E-state index is 6.27. The van der Waals surface area contributed by atoms with Crippen LogP contribution in [-0.2, 0) is 0 Å². The average molecular weight is 372 g/mol. The number of benzene rings is 1. The molecule has 3 nitrogen and oxygen atoms in total. The second-order valence-corrected chi connectivity index (χ2v) is 8.24. The Bertz CT molecular complexity index is 893. The minimum atomic E-state index is 0.338. The highest BCUT2D eigenvalue weighted by atomic mass is 35.5. The number of thiophene rings is 1. The average Bonchev–Trinajstić information content (AvgIpc) is 2.99. The summed E-state index contributed by atoms with van der Waals surface area (Å²) in [6.45, 7) is 6.69. The first-order valence-electron chi connectivity index (χ1n) is 8.84. The molecule has 0 spiro atoms. The smallest absolute Gasteiger partial charge is 0.225 e. The summed E-state index contributed by atoms with van der Waals surface area (Å²) < 4.78 is 0. The molecule has 1 aliphatic rings. The van der Waals surface area contributed by atoms with Gasteiger partial charge in [-0.1, -0.05) is 29.8 Å². The summed E-state index contributed by atoms with van der Waals surface area (Å²) in [6, 6.07) is 9.59. The van der Waals surface area contributed by atoms with Crippen LogP contribution in [0.3, 0.4) is 0 Å². The van der Waals surface area contributed by atoms with Crippen molar-refractivity contribution in [2.75, 3.05) is 4.90 Å². The highest BCUT2D eigenvalue weighted by Gasteiger charge is 2.29. The van der Waals surface area contributed by atoms with Gasteiger partial charge in [0, 0.05) is 23.0 Å². The Hall–Kier alpha value is -1.65. The van der Waals surface area contributed by atoms with Crippen molar-refractivity contribution in [2.45, 2.75) is 52.1 Å². The SMILES string of the molecule is Cc1ccc(-c2csc3nc(Cl)nc(N4C(C)CCCC4C)c23)cc1. The molecule has 0 N–H and O–H groups in total. The van der Waals surface area contributed by atoms with Crippen molar-refractivity contribution in [1.29, 1.82) is 0 Å². The molecule has 0 aliphatic carbocycles. The van der Waals surface area contributed by atoms with Crippen LogP contribution >= 0.6 is 22.9 Å². The maximum atomic E-state index is 6.27. The molecule has 1 aromatic carbocycles. The maximum Gasteiger partial charge on any atom is 0.225 e. The number of fused-ring (bicyclic) bond motifs is 1. The van der Waals surface area contributed by atoms with Gasteiger partial charge in [0.2, 0.25) is 5.28 Å². The van der Waals surface area contributed by atoms with Crippen LogP contribution < -0.4 is 4.90 Å². The third kappa shape index (κ3) is 3.02. The summed E-state index contributed by atoms with van der Waals surface area (Å²) >= 11 is 7.92. The molecule has 0 radical (unpaired) electrons. The van der Waals surface area contributed by atoms with E-state index in [4.69, 9.17) is 11.6 Å². The third-order valence-corrected chi connectivity index (χ3v) is 6.23. The predicted octanol–water partition coefficient (Wildman–Crippen LogP) is 6.09. The fourth-order valence-corrected chi connectivity index (χ4v) is 5.03. The fourth-order valence-electron chi connectivity index (χ4n) is 3.87. The van der Waals surface area contributed by atoms with Crippen LogP contribution in [-0.4, -0.2) is 22.1 Å². The van der Waals surface area contributed by atoms with Crippen LogP contribution in [0, 0.1) is 6.92 Å². The van der Waals surface area contributed by atoms with Crippen molar-refractivity contribution >= 4 is 39.0 Å². The first-order chi connectivity index (χ1) is 12.0. The van der Waals surface area contributed by atoms with Crippen LogP contribution in [0.15, 0.2) is 29.6 Å². The molecule has 0 saturated carbocycles. The van der Waals surface area contributed by atoms with Crippen LogP contribution in [0.25, 0.3) is 21.3 Å². The topological polar surface area (TPSA) is 29.0 Å². The summed E-state index contributed by atoms with van der Waals surface area (Å²) in [4.78, 5) is 12.6. The van der Waals surface area contributed by atoms with E-state index in [9.17, 15) is 0 Å². The van der Waals surface area contributed by atoms with Gasteiger partial charge in [-0.3, -0.25) is 0 Å². The van der Waals surface area contributed by atoms with Gasteiger partial charge in [-0.25, -0.2) is 4.98 Å². The molecule has 5 heteroatoms. The van der Waals surface area contributed by atoms with Crippen molar-refractivity contribution in [3.05, 3.63) is 40.5 Å². The summed E-state index contributed by atoms with van der Waals surface area (Å²) in [5.74, 6) is 0.992. The van der Waals surface area contributed by atoms with E-state index in [0.717, 1.165) is 16.0 Å². The molecule has 25 heavy (non-hydrogen) atoms. The number of halogens is 1. The third-order valence-electron chi connectivity index (χ3n) is 5.19. The number of piperidine rings is 1. The van der Waals surface area contributed by atoms with E-state index in [0.29, 0.717) is 17.4 Å². The summed E-state index contributed by atoms with van der Waals surface area (Å²) in [5, 5.41) is 3.66. The lowest BCUT2D eigenvalue weighted by Crippen LogP contribution is -2.44. The van der Waals surface area contributed by atoms with Crippen molar-refractivity contribution in [1.82, 2.24) is 9.97 Å². The van der Waals surface area contributed by atoms with Crippen LogP contribution in [0.1, 0.15) is 38.7 Å². The molecule has 1 fully saturated rings. The lowest BCUT2D eigenvalue weighted by molar-refractivity contribution is 0.412. The zero-order chi connectivity index (χ0) is 17.6. The van der Waals surface area contributed by atoms with Gasteiger partial charge in [0.15, 0.2) is 0 Å². The molecule has 1 aliphatic heterocycles. The van der Waals surface area contributed by atoms with Gasteiger partial charge in [0.25, 0.3) is 0 Å². The first kappa shape index (κ1) is 16.8. The van der Waals surface area contributed by atoms with Gasteiger partial charge in [-0.05, 0) is 57.2 Å². The van der Waals surface area contributed by atoms with Gasteiger partial charge < -0.3 is 4.90 Å². The van der Waals surface area contributed by atoms with E-state index >= 15 is 0 Å². The summed E-state index contributed by atoms with van der Waals surface area (Å²) in [7, 11) is 0. The number of hydrogen-bond acceptors (Lipinski definition) is 4. The molecule has 3 heterocycles. The Morgan fingerprint density at radius 2 is 1.76 bits per heavy atom. The number of hydrogen-bond donors (Lipinski definition) is 0. The van der Waals surface area contributed by atoms with E-state index in [-0.39, 0.29) is 0 Å². The molecule has 2 unspecified atom stereocenters. The Morgan fingerprint density at radius 3 is 2.44 bits per heavy atom. The summed E-state index contributed by atoms with van der Waals surface area (Å²) in [6.07, 6.45) is 3.66. The normalized spacial score (nSPS) is 21.0. The molecule has 0 amide bonds. The predicted molar refractivity (Wildman–Crippen MR) is 108 cm³/mol. The molecular formula is C20H22ClN3S. The quantitative estimate of drug-likeness (QED) is 0.510. The molecule has 2 aromatic heterocycles. The monoisotopic (exact) mass is 371 g/mol. The summed E-state index contributed by atoms with van der Waals surface area (Å²) in [5.41, 5.74) is 3.68. The molecule has 4 rings (SSSR count). The Kier molecular flexibility index (Phi) is 4.42. The van der Waals surface area contributed by atoms with E-state index in [2.05, 4.69) is 65.3 Å². The van der Waals surface area contributed by atoms with E-state index < -0.39 is 0 Å². The molecule has 0 bridgehead atoms. The Balaban J connectivity index is 1.94. The van der Waals surface area contributed by atoms with Crippen molar-refractivity contribution < 1.29 is 0 Å². The highest BCUT2D eigenvalue weighted by Crippen LogP contribution is 2.41. The van der Waals surface area contributed by atoms with E-state index in [1.807, 2.05) is 0 Å². The number of aromatic nitrogens is 2. The van der Waals surface area contributed by atoms with Gasteiger partial charge in [0.05, 0.1) is 5.39 Å². The van der Waals surface area contributed by atoms with Gasteiger partial charge in [0.1, 0.15) is 10.6 Å². The number of anilines is 1. The lowest BCUT2D eigenvalue weighted by atomic mass is 9.96. The highest BCUT2D eigenvalue weighted by molar-refractivity contribution is 7.17. The molecule has 130 valence electrons. The molecule has 2 atom stereocenters. The standard InChI is InChI=1S/C20H22ClN3S/c1-12-7-9-15(10-8-12)16-11-25-19-17(16)18(22-20(21)23-19)24-13(2)5-4-6-14(24)3/h7-11,13-14H,4-6H2,1-3H3. The number of nitrogens with zero attached hydrogens (tertiary/aromatic N) is 3. The van der Waals surface area contributed by atoms with Gasteiger partial charge in [-0.2, -0.15) is 4.98 Å². The van der Waals surface area contributed by atoms with Crippen molar-refractivity contribution in [3.63, 3.8) is 0 Å². The largest absolute Gasteiger partial charge is 0.351 e. The molecular weight excluding hydrogens is 350 g/mol. The Labute approximate surface area is 157 Å². The van der Waals surface area contributed by atoms with Crippen LogP contribution in [0.2, 0.25) is 5.28 Å². The Morgan fingerprint density at radius 1 is 1.08 bits per heavy atom. The fraction of sp³-hybridized carbons (Fsp3) is 0.400. The van der Waals surface area contributed by atoms with Crippen molar-refractivity contribution in [2.24, 2.45) is 0 Å². The lowest BCUT2D eigenvalue weighted by Gasteiger charge is -2.40. The van der Waals surface area contributed by atoms with Crippen LogP contribution in [0.5, 0.6) is 0 Å². The number of aryl methyl sites for hydroxylation is 1. The second kappa shape index (κ2) is 6.58. The van der Waals surface area contributed by atoms with Crippen LogP contribution in [0.4, 0.5) is 5.82 Å². The second-order valence-electron chi connectivity index (χ2n) is 7.05. The minimum Gasteiger partial charge on any atom is -0.351 e. The van der Waals surface area contributed by atoms with E-state index in [1.165, 1.54) is 36.0 Å². The van der Waals surface area contributed by atoms with E-state index in [1.54, 1.807) is 11.3 Å². The zero-order valence-corrected chi connectivity index (χ0v) is 16.4. The van der Waals surface area contributed by atoms with Gasteiger partial charge in [-0.15, -0.1) is 11.3 Å². The zero-order valence-electron chi connectivity index (χ0n) is 14.8. The number of rotatable bonds is 2. The molecule has 3 aromatic rings.